The average molecular weight is 351 g/mol. The topological polar surface area (TPSA) is 288 Å². The average Bonchev–Trinajstić information content (AvgIpc) is 2.51. The van der Waals surface area contributed by atoms with Crippen LogP contribution in [0.1, 0.15) is 0 Å². The van der Waals surface area contributed by atoms with Crippen molar-refractivity contribution in [1.29, 1.82) is 0 Å². The van der Waals surface area contributed by atoms with Gasteiger partial charge in [0.15, 0.2) is 11.4 Å². The number of nitrogens with zero attached hydrogens (tertiary/aromatic N) is 12. The van der Waals surface area contributed by atoms with Crippen molar-refractivity contribution >= 4 is 34.1 Å². The van der Waals surface area contributed by atoms with Gasteiger partial charge in [0.25, 0.3) is 5.69 Å². The first-order valence-corrected chi connectivity index (χ1v) is 5.39. The van der Waals surface area contributed by atoms with Gasteiger partial charge in [-0.1, -0.05) is 0 Å². The number of rotatable bonds is 7. The molecule has 25 heavy (non-hydrogen) atoms. The largest absolute Gasteiger partial charge is 0.339 e. The van der Waals surface area contributed by atoms with Gasteiger partial charge in [-0.15, -0.1) is 5.53 Å². The molecule has 19 nitrogen and oxygen atoms in total. The summed E-state index contributed by atoms with van der Waals surface area (Å²) in [7, 11) is 0. The van der Waals surface area contributed by atoms with Crippen LogP contribution in [0.25, 0.3) is 31.3 Å². The predicted octanol–water partition coefficient (Wildman–Crippen LogP) is 3.93. The quantitative estimate of drug-likeness (QED) is 0.247. The summed E-state index contributed by atoms with van der Waals surface area (Å²) >= 11 is 0. The Balaban J connectivity index is 4.39. The lowest BCUT2D eigenvalue weighted by molar-refractivity contribution is -0.399. The summed E-state index contributed by atoms with van der Waals surface area (Å²) in [6, 6.07) is 0. The third kappa shape index (κ3) is 3.33. The van der Waals surface area contributed by atoms with Gasteiger partial charge in [-0.25, -0.2) is 5.43 Å². The second-order valence-electron chi connectivity index (χ2n) is 3.57. The van der Waals surface area contributed by atoms with E-state index in [-0.39, 0.29) is 0 Å². The van der Waals surface area contributed by atoms with Gasteiger partial charge in [-0.3, -0.25) is 30.3 Å². The third-order valence-corrected chi connectivity index (χ3v) is 2.41. The molecule has 0 heterocycles. The summed E-state index contributed by atoms with van der Waals surface area (Å²) in [5.41, 5.74) is 18.7. The second-order valence-corrected chi connectivity index (χ2v) is 3.57. The van der Waals surface area contributed by atoms with E-state index in [0.29, 0.717) is 0 Å². The van der Waals surface area contributed by atoms with Gasteiger partial charge in [-0.05, 0) is 26.5 Å². The molecule has 0 aliphatic heterocycles. The monoisotopic (exact) mass is 351 g/mol. The molecule has 1 aromatic carbocycles. The van der Waals surface area contributed by atoms with Crippen LogP contribution in [0, 0.1) is 30.3 Å². The lowest BCUT2D eigenvalue weighted by atomic mass is 10.1. The van der Waals surface area contributed by atoms with Crippen LogP contribution in [-0.2, 0) is 0 Å². The van der Waals surface area contributed by atoms with Crippen LogP contribution < -0.4 is 5.43 Å². The fraction of sp³-hybridized carbons (Fsp3) is 0. The summed E-state index contributed by atoms with van der Waals surface area (Å²) in [4.78, 5) is 36.0. The highest BCUT2D eigenvalue weighted by Gasteiger charge is 2.43. The highest BCUT2D eigenvalue weighted by molar-refractivity contribution is 5.97. The Morgan fingerprint density at radius 2 is 1.16 bits per heavy atom. The van der Waals surface area contributed by atoms with Crippen molar-refractivity contribution < 1.29 is 14.8 Å². The van der Waals surface area contributed by atoms with Crippen molar-refractivity contribution in [1.82, 2.24) is 0 Å². The lowest BCUT2D eigenvalue weighted by Crippen LogP contribution is -2.04. The van der Waals surface area contributed by atoms with E-state index in [2.05, 4.69) is 30.2 Å². The Kier molecular flexibility index (Phi) is 5.40. The minimum atomic E-state index is -1.47. The molecular weight excluding hydrogens is 350 g/mol. The van der Waals surface area contributed by atoms with Gasteiger partial charge in [0.05, 0.1) is 14.8 Å². The number of anilines is 1. The Morgan fingerprint density at radius 1 is 0.760 bits per heavy atom. The molecule has 0 amide bonds. The standard InChI is InChI=1S/C6HN13O6/c7-13-10-1-4(17(20)21)2(11-14-8)6(19(24)25)3(12-16-15-9)5(1)18(22)23/h12H. The molecule has 1 N–H and O–H groups in total. The van der Waals surface area contributed by atoms with Crippen molar-refractivity contribution in [2.24, 2.45) is 15.5 Å². The summed E-state index contributed by atoms with van der Waals surface area (Å²) < 4.78 is 0. The predicted molar refractivity (Wildman–Crippen MR) is 76.8 cm³/mol. The van der Waals surface area contributed by atoms with E-state index in [4.69, 9.17) is 16.6 Å². The van der Waals surface area contributed by atoms with Crippen LogP contribution >= 0.6 is 0 Å². The van der Waals surface area contributed by atoms with Gasteiger partial charge >= 0.3 is 17.1 Å². The number of hydrogen-bond donors (Lipinski definition) is 1. The van der Waals surface area contributed by atoms with Crippen molar-refractivity contribution in [2.75, 3.05) is 5.43 Å². The molecule has 0 aliphatic carbocycles. The van der Waals surface area contributed by atoms with Crippen LogP contribution in [-0.4, -0.2) is 14.8 Å². The van der Waals surface area contributed by atoms with E-state index in [1.165, 1.54) is 0 Å². The smallest absolute Gasteiger partial charge is 0.258 e. The lowest BCUT2D eigenvalue weighted by Gasteiger charge is -2.06. The number of azide groups is 3. The molecule has 0 atom stereocenters. The Hall–Kier alpha value is -4.85. The Labute approximate surface area is 132 Å². The molecule has 0 bridgehead atoms. The normalized spacial score (nSPS) is 8.96. The summed E-state index contributed by atoms with van der Waals surface area (Å²) in [5.74, 6) is 0. The van der Waals surface area contributed by atoms with Crippen LogP contribution in [0.5, 0.6) is 0 Å². The van der Waals surface area contributed by atoms with Crippen LogP contribution in [0.15, 0.2) is 15.5 Å². The maximum atomic E-state index is 11.2. The number of hydrogen-bond acceptors (Lipinski definition) is 9. The number of nitrogens with one attached hydrogen (secondary N) is 1. The fourth-order valence-corrected chi connectivity index (χ4v) is 1.67. The van der Waals surface area contributed by atoms with E-state index >= 15 is 0 Å². The van der Waals surface area contributed by atoms with Gasteiger partial charge in [0.1, 0.15) is 0 Å². The van der Waals surface area contributed by atoms with Crippen LogP contribution in [0.3, 0.4) is 0 Å². The SMILES string of the molecule is [N-]=[N+]=NNc1c([N+](=O)[O-])c(N=[N+]=[N-])c([N+](=O)[O-])c(N=[N+]=[N-])c1[N+](=O)[O-]. The summed E-state index contributed by atoms with van der Waals surface area (Å²) in [6.07, 6.45) is 0. The van der Waals surface area contributed by atoms with Crippen molar-refractivity contribution in [3.63, 3.8) is 0 Å². The first-order valence-electron chi connectivity index (χ1n) is 5.39. The molecule has 19 heteroatoms. The third-order valence-electron chi connectivity index (χ3n) is 2.41. The van der Waals surface area contributed by atoms with E-state index in [0.717, 1.165) is 0 Å². The molecule has 0 fully saturated rings. The number of benzene rings is 1. The van der Waals surface area contributed by atoms with Gasteiger partial charge in [-0.2, -0.15) is 4.91 Å². The molecular formula is C6HN13O6. The van der Waals surface area contributed by atoms with Crippen LogP contribution in [0.4, 0.5) is 34.1 Å². The second kappa shape index (κ2) is 7.42. The Morgan fingerprint density at radius 3 is 1.44 bits per heavy atom. The van der Waals surface area contributed by atoms with E-state index in [1.807, 2.05) is 0 Å². The van der Waals surface area contributed by atoms with E-state index in [1.54, 1.807) is 5.43 Å². The zero-order valence-corrected chi connectivity index (χ0v) is 11.3. The maximum absolute atomic E-state index is 11.2. The van der Waals surface area contributed by atoms with E-state index < -0.39 is 48.9 Å². The van der Waals surface area contributed by atoms with Crippen LogP contribution in [0.2, 0.25) is 0 Å². The van der Waals surface area contributed by atoms with Gasteiger partial charge in [0.2, 0.25) is 0 Å². The first-order chi connectivity index (χ1) is 11.8. The molecule has 0 unspecified atom stereocenters. The zero-order chi connectivity index (χ0) is 19.1. The molecule has 1 rings (SSSR count). The molecule has 0 aliphatic rings. The number of nitro benzene ring substituents is 3. The summed E-state index contributed by atoms with van der Waals surface area (Å²) in [6.45, 7) is 0. The molecule has 0 spiro atoms. The molecule has 1 aromatic rings. The van der Waals surface area contributed by atoms with Gasteiger partial charge in [0, 0.05) is 9.82 Å². The number of nitro groups is 3. The molecule has 0 radical (unpaired) electrons. The molecule has 126 valence electrons. The first kappa shape index (κ1) is 18.2. The van der Waals surface area contributed by atoms with Gasteiger partial charge < -0.3 is 0 Å². The highest BCUT2D eigenvalue weighted by Crippen LogP contribution is 2.55. The fourth-order valence-electron chi connectivity index (χ4n) is 1.67. The molecule has 0 saturated carbocycles. The van der Waals surface area contributed by atoms with Crippen molar-refractivity contribution in [3.05, 3.63) is 61.7 Å². The van der Waals surface area contributed by atoms with E-state index in [9.17, 15) is 30.3 Å². The maximum Gasteiger partial charge on any atom is 0.339 e. The highest BCUT2D eigenvalue weighted by atomic mass is 16.6. The molecule has 0 aromatic heterocycles. The zero-order valence-electron chi connectivity index (χ0n) is 11.3. The van der Waals surface area contributed by atoms with Crippen molar-refractivity contribution in [2.45, 2.75) is 0 Å². The Bertz CT molecular complexity index is 876. The minimum absolute atomic E-state index is 1.18. The summed E-state index contributed by atoms with van der Waals surface area (Å²) in [5, 5.41) is 41.8. The molecule has 0 saturated heterocycles. The minimum Gasteiger partial charge on any atom is -0.258 e. The van der Waals surface area contributed by atoms with Crippen molar-refractivity contribution in [3.8, 4) is 0 Å².